The van der Waals surface area contributed by atoms with Gasteiger partial charge in [-0.2, -0.15) is 4.98 Å². The zero-order valence-corrected chi connectivity index (χ0v) is 21.1. The van der Waals surface area contributed by atoms with E-state index in [-0.39, 0.29) is 23.1 Å². The average Bonchev–Trinajstić information content (AvgIpc) is 3.48. The zero-order chi connectivity index (χ0) is 24.2. The van der Waals surface area contributed by atoms with Crippen molar-refractivity contribution >= 4 is 34.9 Å². The van der Waals surface area contributed by atoms with Gasteiger partial charge in [-0.15, -0.1) is 23.1 Å². The van der Waals surface area contributed by atoms with Gasteiger partial charge in [0.15, 0.2) is 0 Å². The lowest BCUT2D eigenvalue weighted by molar-refractivity contribution is 0.0746. The Bertz CT molecular complexity index is 1210. The summed E-state index contributed by atoms with van der Waals surface area (Å²) in [7, 11) is 2.95. The van der Waals surface area contributed by atoms with E-state index in [1.165, 1.54) is 25.6 Å². The van der Waals surface area contributed by atoms with Crippen LogP contribution in [0.25, 0.3) is 10.4 Å². The number of carbonyl (C=O) groups excluding carboxylic acids is 2. The second kappa shape index (κ2) is 10.4. The van der Waals surface area contributed by atoms with E-state index in [1.54, 1.807) is 28.8 Å². The maximum Gasteiger partial charge on any atom is 0.274 e. The van der Waals surface area contributed by atoms with Gasteiger partial charge in [-0.3, -0.25) is 9.59 Å². The van der Waals surface area contributed by atoms with Gasteiger partial charge in [0.25, 0.3) is 11.8 Å². The first kappa shape index (κ1) is 24.0. The molecule has 0 aliphatic carbocycles. The predicted molar refractivity (Wildman–Crippen MR) is 134 cm³/mol. The molecule has 1 saturated heterocycles. The number of hydrogen-bond acceptors (Lipinski definition) is 8. The fourth-order valence-electron chi connectivity index (χ4n) is 3.75. The van der Waals surface area contributed by atoms with Crippen molar-refractivity contribution in [1.82, 2.24) is 20.2 Å². The molecule has 1 aromatic carbocycles. The number of thiazole rings is 1. The summed E-state index contributed by atoms with van der Waals surface area (Å²) in [5.41, 5.74) is 2.89. The Morgan fingerprint density at radius 1 is 1.15 bits per heavy atom. The molecule has 10 heteroatoms. The minimum Gasteiger partial charge on any atom is -0.481 e. The zero-order valence-electron chi connectivity index (χ0n) is 19.5. The van der Waals surface area contributed by atoms with Crippen LogP contribution >= 0.6 is 23.1 Å². The Hall–Kier alpha value is -3.11. The molecule has 3 aromatic rings. The van der Waals surface area contributed by atoms with Crippen LogP contribution in [0.3, 0.4) is 0 Å². The van der Waals surface area contributed by atoms with E-state index >= 15 is 0 Å². The van der Waals surface area contributed by atoms with Crippen molar-refractivity contribution in [3.63, 3.8) is 0 Å². The molecule has 2 aromatic heterocycles. The van der Waals surface area contributed by atoms with Crippen molar-refractivity contribution in [1.29, 1.82) is 0 Å². The van der Waals surface area contributed by atoms with Crippen LogP contribution in [0, 0.1) is 13.8 Å². The first-order chi connectivity index (χ1) is 16.4. The molecule has 3 heterocycles. The Morgan fingerprint density at radius 2 is 1.97 bits per heavy atom. The number of pyridine rings is 1. The third-order valence-electron chi connectivity index (χ3n) is 5.39. The molecule has 8 nitrogen and oxygen atoms in total. The van der Waals surface area contributed by atoms with E-state index in [2.05, 4.69) is 21.4 Å². The highest BCUT2D eigenvalue weighted by atomic mass is 32.2. The van der Waals surface area contributed by atoms with E-state index in [0.29, 0.717) is 30.2 Å². The highest BCUT2D eigenvalue weighted by molar-refractivity contribution is 8.00. The smallest absolute Gasteiger partial charge is 0.274 e. The van der Waals surface area contributed by atoms with Gasteiger partial charge in [-0.1, -0.05) is 29.8 Å². The molecular formula is C24H26N4O4S2. The van der Waals surface area contributed by atoms with Crippen LogP contribution in [-0.2, 0) is 0 Å². The number of thioether (sulfide) groups is 1. The summed E-state index contributed by atoms with van der Waals surface area (Å²) in [5.74, 6) is 0.900. The molecule has 178 valence electrons. The normalized spacial score (nSPS) is 15.3. The number of ether oxygens (including phenoxy) is 2. The number of aromatic nitrogens is 2. The number of amides is 2. The molecule has 4 rings (SSSR count). The SMILES string of the molecule is COc1ccc(C(=O)NCC2SCCN2C(=O)c2nc(C)sc2-c2cccc(C)c2)c(OC)n1. The summed E-state index contributed by atoms with van der Waals surface area (Å²) in [6.07, 6.45) is 0. The maximum atomic E-state index is 13.5. The van der Waals surface area contributed by atoms with Gasteiger partial charge in [-0.25, -0.2) is 4.98 Å². The molecule has 34 heavy (non-hydrogen) atoms. The minimum atomic E-state index is -0.322. The predicted octanol–water partition coefficient (Wildman–Crippen LogP) is 3.78. The van der Waals surface area contributed by atoms with Crippen LogP contribution in [0.4, 0.5) is 0 Å². The van der Waals surface area contributed by atoms with Gasteiger partial charge in [0.05, 0.1) is 29.5 Å². The molecule has 0 radical (unpaired) electrons. The van der Waals surface area contributed by atoms with Crippen LogP contribution in [0.15, 0.2) is 36.4 Å². The van der Waals surface area contributed by atoms with Crippen molar-refractivity contribution in [2.75, 3.05) is 33.1 Å². The number of hydrogen-bond donors (Lipinski definition) is 1. The van der Waals surface area contributed by atoms with Gasteiger partial charge in [-0.05, 0) is 25.5 Å². The molecule has 0 bridgehead atoms. The molecule has 0 spiro atoms. The molecule has 1 unspecified atom stereocenters. The van der Waals surface area contributed by atoms with E-state index in [4.69, 9.17) is 9.47 Å². The van der Waals surface area contributed by atoms with Crippen LogP contribution in [-0.4, -0.2) is 65.1 Å². The molecule has 1 aliphatic rings. The van der Waals surface area contributed by atoms with Crippen LogP contribution in [0.5, 0.6) is 11.8 Å². The monoisotopic (exact) mass is 498 g/mol. The quantitative estimate of drug-likeness (QED) is 0.530. The van der Waals surface area contributed by atoms with Crippen LogP contribution < -0.4 is 14.8 Å². The van der Waals surface area contributed by atoms with Crippen LogP contribution in [0.2, 0.25) is 0 Å². The third kappa shape index (κ3) is 5.02. The highest BCUT2D eigenvalue weighted by Gasteiger charge is 2.33. The fraction of sp³-hybridized carbons (Fsp3) is 0.333. The van der Waals surface area contributed by atoms with Crippen molar-refractivity contribution in [3.05, 3.63) is 58.2 Å². The van der Waals surface area contributed by atoms with E-state index in [1.807, 2.05) is 32.0 Å². The first-order valence-electron chi connectivity index (χ1n) is 10.8. The second-order valence-electron chi connectivity index (χ2n) is 7.72. The lowest BCUT2D eigenvalue weighted by atomic mass is 10.1. The number of carbonyl (C=O) groups is 2. The third-order valence-corrected chi connectivity index (χ3v) is 7.63. The maximum absolute atomic E-state index is 13.5. The Balaban J connectivity index is 1.49. The summed E-state index contributed by atoms with van der Waals surface area (Å²) < 4.78 is 10.3. The van der Waals surface area contributed by atoms with Crippen molar-refractivity contribution in [2.45, 2.75) is 19.2 Å². The number of benzene rings is 1. The molecular weight excluding hydrogens is 472 g/mol. The van der Waals surface area contributed by atoms with Gasteiger partial charge in [0, 0.05) is 24.9 Å². The second-order valence-corrected chi connectivity index (χ2v) is 10.2. The number of rotatable bonds is 7. The van der Waals surface area contributed by atoms with Gasteiger partial charge < -0.3 is 19.7 Å². The summed E-state index contributed by atoms with van der Waals surface area (Å²) in [6.45, 7) is 4.84. The number of nitrogens with zero attached hydrogens (tertiary/aromatic N) is 3. The van der Waals surface area contributed by atoms with Crippen molar-refractivity contribution < 1.29 is 19.1 Å². The van der Waals surface area contributed by atoms with Crippen molar-refractivity contribution in [2.24, 2.45) is 0 Å². The Kier molecular flexibility index (Phi) is 7.38. The lowest BCUT2D eigenvalue weighted by Crippen LogP contribution is -2.42. The number of methoxy groups -OCH3 is 2. The summed E-state index contributed by atoms with van der Waals surface area (Å²) >= 11 is 3.16. The Morgan fingerprint density at radius 3 is 2.71 bits per heavy atom. The number of nitrogens with one attached hydrogen (secondary N) is 1. The first-order valence-corrected chi connectivity index (χ1v) is 12.6. The van der Waals surface area contributed by atoms with Gasteiger partial charge >= 0.3 is 0 Å². The molecule has 0 saturated carbocycles. The van der Waals surface area contributed by atoms with Crippen LogP contribution in [0.1, 0.15) is 31.4 Å². The highest BCUT2D eigenvalue weighted by Crippen LogP contribution is 2.34. The molecule has 1 fully saturated rings. The molecule has 1 aliphatic heterocycles. The van der Waals surface area contributed by atoms with Gasteiger partial charge in [0.2, 0.25) is 11.8 Å². The molecule has 2 amide bonds. The standard InChI is InChI=1S/C24H26N4O4S2/c1-14-6-5-7-16(12-14)21-20(26-15(2)34-21)24(30)28-10-11-33-19(28)13-25-22(29)17-8-9-18(31-3)27-23(17)32-4/h5-9,12,19H,10-11,13H2,1-4H3,(H,25,29). The molecule has 1 atom stereocenters. The average molecular weight is 499 g/mol. The van der Waals surface area contributed by atoms with E-state index < -0.39 is 0 Å². The van der Waals surface area contributed by atoms with Gasteiger partial charge in [0.1, 0.15) is 11.3 Å². The van der Waals surface area contributed by atoms with E-state index in [0.717, 1.165) is 26.8 Å². The van der Waals surface area contributed by atoms with E-state index in [9.17, 15) is 9.59 Å². The lowest BCUT2D eigenvalue weighted by Gasteiger charge is -2.24. The minimum absolute atomic E-state index is 0.117. The largest absolute Gasteiger partial charge is 0.481 e. The Labute approximate surface area is 206 Å². The number of aryl methyl sites for hydroxylation is 2. The fourth-order valence-corrected chi connectivity index (χ4v) is 5.82. The van der Waals surface area contributed by atoms with Crippen molar-refractivity contribution in [3.8, 4) is 22.2 Å². The topological polar surface area (TPSA) is 93.7 Å². The summed E-state index contributed by atoms with van der Waals surface area (Å²) in [5, 5.41) is 3.57. The summed E-state index contributed by atoms with van der Waals surface area (Å²) in [4.78, 5) is 37.7. The molecule has 1 N–H and O–H groups in total. The summed E-state index contributed by atoms with van der Waals surface area (Å²) in [6, 6.07) is 11.3.